The number of aromatic amines is 1. The molecule has 0 aliphatic carbocycles. The first kappa shape index (κ1) is 8.14. The summed E-state index contributed by atoms with van der Waals surface area (Å²) in [4.78, 5) is 0. The van der Waals surface area contributed by atoms with Gasteiger partial charge in [-0.05, 0) is 0 Å². The van der Waals surface area contributed by atoms with Crippen LogP contribution in [0.3, 0.4) is 0 Å². The molecule has 0 aliphatic rings. The lowest BCUT2D eigenvalue weighted by atomic mass is 11.4. The number of tetrazole rings is 1. The van der Waals surface area contributed by atoms with Gasteiger partial charge in [0.1, 0.15) is 0 Å². The smallest absolute Gasteiger partial charge is 0.161 e. The second-order valence-corrected chi connectivity index (χ2v) is 0.954. The lowest BCUT2D eigenvalue weighted by molar-refractivity contribution is 0.881. The molecule has 54 valence electrons. The third-order valence-corrected chi connectivity index (χ3v) is 0.394. The van der Waals surface area contributed by atoms with E-state index in [0.29, 0.717) is 0 Å². The highest BCUT2D eigenvalue weighted by Gasteiger charge is 1.58. The Morgan fingerprint density at radius 3 is 2.60 bits per heavy atom. The SMILES string of the molecule is N=N/C=N/N.c1nn[nH]n1. The quantitative estimate of drug-likeness (QED) is 0.154. The Hall–Kier alpha value is -1.86. The molecule has 1 aromatic rings. The van der Waals surface area contributed by atoms with Gasteiger partial charge in [-0.1, -0.05) is 5.21 Å². The van der Waals surface area contributed by atoms with Gasteiger partial charge < -0.3 is 5.84 Å². The zero-order valence-electron chi connectivity index (χ0n) is 4.97. The normalized spacial score (nSPS) is 8.40. The number of H-pyrrole nitrogens is 1. The minimum absolute atomic E-state index is 0.944. The van der Waals surface area contributed by atoms with Crippen LogP contribution < -0.4 is 5.84 Å². The van der Waals surface area contributed by atoms with Gasteiger partial charge in [0.25, 0.3) is 0 Å². The Balaban J connectivity index is 0.000000162. The molecule has 0 radical (unpaired) electrons. The van der Waals surface area contributed by atoms with Gasteiger partial charge in [-0.2, -0.15) is 10.3 Å². The van der Waals surface area contributed by atoms with Crippen molar-refractivity contribution in [2.75, 3.05) is 0 Å². The molecule has 0 amide bonds. The van der Waals surface area contributed by atoms with E-state index in [1.165, 1.54) is 6.33 Å². The number of nitrogens with one attached hydrogen (secondary N) is 2. The zero-order chi connectivity index (χ0) is 7.66. The molecule has 1 aromatic heterocycles. The summed E-state index contributed by atoms with van der Waals surface area (Å²) in [7, 11) is 0. The van der Waals surface area contributed by atoms with Gasteiger partial charge in [-0.15, -0.1) is 15.3 Å². The van der Waals surface area contributed by atoms with Crippen molar-refractivity contribution in [2.45, 2.75) is 0 Å². The maximum Gasteiger partial charge on any atom is 0.161 e. The summed E-state index contributed by atoms with van der Waals surface area (Å²) in [6.45, 7) is 0. The first-order chi connectivity index (χ1) is 4.91. The highest BCUT2D eigenvalue weighted by atomic mass is 15.5. The second kappa shape index (κ2) is 7.14. The lowest BCUT2D eigenvalue weighted by Gasteiger charge is -1.58. The second-order valence-electron chi connectivity index (χ2n) is 0.954. The van der Waals surface area contributed by atoms with Gasteiger partial charge in [0.2, 0.25) is 0 Å². The van der Waals surface area contributed by atoms with Gasteiger partial charge >= 0.3 is 0 Å². The zero-order valence-corrected chi connectivity index (χ0v) is 4.97. The van der Waals surface area contributed by atoms with E-state index in [2.05, 4.69) is 36.7 Å². The standard InChI is InChI=1S/CH2N4.CH4N4/c1-2-4-5-3-1;2-4-1-5-3/h1H,(H,2,3,4,5);1-2H,3H2/b;4-2?,5-1+. The molecule has 10 heavy (non-hydrogen) atoms. The van der Waals surface area contributed by atoms with Gasteiger partial charge in [0, 0.05) is 0 Å². The lowest BCUT2D eigenvalue weighted by Crippen LogP contribution is -1.75. The highest BCUT2D eigenvalue weighted by molar-refractivity contribution is 5.52. The minimum atomic E-state index is 0.944. The fourth-order valence-electron chi connectivity index (χ4n) is 0.162. The first-order valence-electron chi connectivity index (χ1n) is 2.16. The van der Waals surface area contributed by atoms with E-state index in [1.54, 1.807) is 0 Å². The van der Waals surface area contributed by atoms with Crippen molar-refractivity contribution in [1.29, 1.82) is 5.53 Å². The molecule has 8 heteroatoms. The monoisotopic (exact) mass is 142 g/mol. The summed E-state index contributed by atoms with van der Waals surface area (Å²) in [6, 6.07) is 0. The van der Waals surface area contributed by atoms with Crippen LogP contribution in [-0.4, -0.2) is 27.0 Å². The van der Waals surface area contributed by atoms with Gasteiger partial charge in [-0.3, -0.25) is 0 Å². The molecule has 0 saturated heterocycles. The summed E-state index contributed by atoms with van der Waals surface area (Å²) in [5, 5.41) is 17.7. The van der Waals surface area contributed by atoms with Crippen molar-refractivity contribution in [3.05, 3.63) is 6.33 Å². The van der Waals surface area contributed by atoms with Crippen LogP contribution in [0.4, 0.5) is 0 Å². The maximum absolute atomic E-state index is 6.00. The Labute approximate surface area is 56.0 Å². The van der Waals surface area contributed by atoms with E-state index in [0.717, 1.165) is 6.34 Å². The number of hydrogen-bond donors (Lipinski definition) is 3. The topological polar surface area (TPSA) is 129 Å². The molecule has 0 unspecified atom stereocenters. The summed E-state index contributed by atoms with van der Waals surface area (Å²) in [5.41, 5.74) is 6.00. The van der Waals surface area contributed by atoms with E-state index in [-0.39, 0.29) is 0 Å². The average Bonchev–Trinajstić information content (AvgIpc) is 2.44. The molecule has 1 rings (SSSR count). The summed E-state index contributed by atoms with van der Waals surface area (Å²) in [5.74, 6) is 4.49. The molecule has 1 heterocycles. The third-order valence-electron chi connectivity index (χ3n) is 0.394. The van der Waals surface area contributed by atoms with Gasteiger partial charge in [0.05, 0.1) is 0 Å². The molecule has 0 atom stereocenters. The fourth-order valence-corrected chi connectivity index (χ4v) is 0.162. The first-order valence-corrected chi connectivity index (χ1v) is 2.16. The van der Waals surface area contributed by atoms with E-state index < -0.39 is 0 Å². The van der Waals surface area contributed by atoms with E-state index in [4.69, 9.17) is 5.53 Å². The van der Waals surface area contributed by atoms with Crippen LogP contribution in [0.15, 0.2) is 16.5 Å². The minimum Gasteiger partial charge on any atom is -0.322 e. The Bertz CT molecular complexity index is 146. The van der Waals surface area contributed by atoms with Crippen molar-refractivity contribution in [3.63, 3.8) is 0 Å². The van der Waals surface area contributed by atoms with Crippen LogP contribution in [-0.2, 0) is 0 Å². The average molecular weight is 142 g/mol. The maximum atomic E-state index is 6.00. The Morgan fingerprint density at radius 1 is 1.70 bits per heavy atom. The molecule has 0 bridgehead atoms. The van der Waals surface area contributed by atoms with E-state index in [1.807, 2.05) is 0 Å². The molecule has 8 nitrogen and oxygen atoms in total. The number of nitrogens with zero attached hydrogens (tertiary/aromatic N) is 5. The molecule has 0 saturated carbocycles. The highest BCUT2D eigenvalue weighted by Crippen LogP contribution is 1.44. The fraction of sp³-hybridized carbons (Fsp3) is 0. The number of hydrazone groups is 1. The molecule has 0 aromatic carbocycles. The summed E-state index contributed by atoms with van der Waals surface area (Å²) in [6.07, 6.45) is 2.28. The van der Waals surface area contributed by atoms with Gasteiger partial charge in [-0.25, -0.2) is 5.53 Å². The van der Waals surface area contributed by atoms with Crippen LogP contribution in [0.2, 0.25) is 0 Å². The van der Waals surface area contributed by atoms with Gasteiger partial charge in [0.15, 0.2) is 12.7 Å². The predicted octanol–water partition coefficient (Wildman–Crippen LogP) is -0.881. The number of hydrogen-bond acceptors (Lipinski definition) is 6. The largest absolute Gasteiger partial charge is 0.322 e. The van der Waals surface area contributed by atoms with Crippen molar-refractivity contribution in [2.24, 2.45) is 16.1 Å². The predicted molar refractivity (Wildman–Crippen MR) is 32.0 cm³/mol. The van der Waals surface area contributed by atoms with E-state index in [9.17, 15) is 0 Å². The van der Waals surface area contributed by atoms with Crippen LogP contribution >= 0.6 is 0 Å². The molecular formula is C2H6N8. The number of nitrogens with two attached hydrogens (primary N) is 1. The third kappa shape index (κ3) is 6.14. The van der Waals surface area contributed by atoms with Crippen molar-refractivity contribution >= 4 is 6.34 Å². The van der Waals surface area contributed by atoms with Crippen molar-refractivity contribution in [3.8, 4) is 0 Å². The van der Waals surface area contributed by atoms with Crippen LogP contribution in [0, 0.1) is 5.53 Å². The van der Waals surface area contributed by atoms with Crippen molar-refractivity contribution < 1.29 is 0 Å². The molecular weight excluding hydrogens is 136 g/mol. The van der Waals surface area contributed by atoms with Crippen molar-refractivity contribution in [1.82, 2.24) is 20.6 Å². The summed E-state index contributed by atoms with van der Waals surface area (Å²) >= 11 is 0. The van der Waals surface area contributed by atoms with E-state index >= 15 is 0 Å². The number of aromatic nitrogens is 4. The summed E-state index contributed by atoms with van der Waals surface area (Å²) < 4.78 is 0. The molecule has 4 N–H and O–H groups in total. The molecule has 0 spiro atoms. The van der Waals surface area contributed by atoms with Crippen LogP contribution in [0.1, 0.15) is 0 Å². The molecule has 0 aliphatic heterocycles. The van der Waals surface area contributed by atoms with Crippen LogP contribution in [0.25, 0.3) is 0 Å². The number of rotatable bonds is 1. The molecule has 0 fully saturated rings. The Kier molecular flexibility index (Phi) is 5.81. The van der Waals surface area contributed by atoms with Crippen LogP contribution in [0.5, 0.6) is 0 Å². The Morgan fingerprint density at radius 2 is 2.50 bits per heavy atom.